The molecule has 0 saturated heterocycles. The predicted molar refractivity (Wildman–Crippen MR) is 79.7 cm³/mol. The van der Waals surface area contributed by atoms with Crippen LogP contribution in [0, 0.1) is 0 Å². The van der Waals surface area contributed by atoms with Gasteiger partial charge in [0.1, 0.15) is 0 Å². The van der Waals surface area contributed by atoms with E-state index in [1.807, 2.05) is 18.2 Å². The first kappa shape index (κ1) is 15.5. The molecule has 4 heteroatoms. The van der Waals surface area contributed by atoms with Gasteiger partial charge in [-0.05, 0) is 44.5 Å². The van der Waals surface area contributed by atoms with Crippen LogP contribution >= 0.6 is 0 Å². The van der Waals surface area contributed by atoms with Crippen LogP contribution in [-0.4, -0.2) is 30.4 Å². The minimum atomic E-state index is 0.104. The summed E-state index contributed by atoms with van der Waals surface area (Å²) in [6.45, 7) is 6.13. The lowest BCUT2D eigenvalue weighted by atomic mass is 10.1. The number of benzene rings is 1. The Bertz CT molecular complexity index is 404. The summed E-state index contributed by atoms with van der Waals surface area (Å²) < 4.78 is 0. The van der Waals surface area contributed by atoms with Gasteiger partial charge in [0.2, 0.25) is 5.91 Å². The van der Waals surface area contributed by atoms with Crippen molar-refractivity contribution in [3.8, 4) is 0 Å². The SMILES string of the molecule is CNC(=O)CCCN(Cc1cccc(N)c1)C(C)C. The third kappa shape index (κ3) is 5.75. The van der Waals surface area contributed by atoms with Crippen LogP contribution in [0.25, 0.3) is 0 Å². The number of amides is 1. The minimum Gasteiger partial charge on any atom is -0.399 e. The molecule has 0 atom stereocenters. The average Bonchev–Trinajstić information content (AvgIpc) is 2.37. The van der Waals surface area contributed by atoms with E-state index in [2.05, 4.69) is 30.1 Å². The topological polar surface area (TPSA) is 58.4 Å². The molecule has 0 unspecified atom stereocenters. The van der Waals surface area contributed by atoms with Crippen molar-refractivity contribution < 1.29 is 4.79 Å². The maximum atomic E-state index is 11.2. The first-order chi connectivity index (χ1) is 9.02. The maximum Gasteiger partial charge on any atom is 0.219 e. The van der Waals surface area contributed by atoms with Crippen molar-refractivity contribution in [2.24, 2.45) is 0 Å². The largest absolute Gasteiger partial charge is 0.399 e. The van der Waals surface area contributed by atoms with Crippen molar-refractivity contribution in [2.45, 2.75) is 39.3 Å². The van der Waals surface area contributed by atoms with Gasteiger partial charge in [-0.25, -0.2) is 0 Å². The quantitative estimate of drug-likeness (QED) is 0.740. The van der Waals surface area contributed by atoms with Crippen LogP contribution in [0.4, 0.5) is 5.69 Å². The molecule has 106 valence electrons. The molecular formula is C15H25N3O. The Hall–Kier alpha value is -1.55. The summed E-state index contributed by atoms with van der Waals surface area (Å²) in [5, 5.41) is 2.65. The molecule has 0 fully saturated rings. The molecule has 0 bridgehead atoms. The van der Waals surface area contributed by atoms with Gasteiger partial charge in [-0.15, -0.1) is 0 Å². The summed E-state index contributed by atoms with van der Waals surface area (Å²) in [4.78, 5) is 13.6. The number of nitrogens with zero attached hydrogens (tertiary/aromatic N) is 1. The summed E-state index contributed by atoms with van der Waals surface area (Å²) in [6.07, 6.45) is 1.46. The average molecular weight is 263 g/mol. The van der Waals surface area contributed by atoms with Crippen molar-refractivity contribution in [1.29, 1.82) is 0 Å². The van der Waals surface area contributed by atoms with E-state index in [9.17, 15) is 4.79 Å². The Labute approximate surface area is 116 Å². The smallest absolute Gasteiger partial charge is 0.219 e. The summed E-state index contributed by atoms with van der Waals surface area (Å²) in [5.41, 5.74) is 7.81. The highest BCUT2D eigenvalue weighted by Crippen LogP contribution is 2.12. The van der Waals surface area contributed by atoms with Gasteiger partial charge in [0, 0.05) is 31.7 Å². The highest BCUT2D eigenvalue weighted by atomic mass is 16.1. The van der Waals surface area contributed by atoms with Gasteiger partial charge in [0.25, 0.3) is 0 Å². The van der Waals surface area contributed by atoms with Crippen molar-refractivity contribution in [2.75, 3.05) is 19.3 Å². The highest BCUT2D eigenvalue weighted by Gasteiger charge is 2.10. The van der Waals surface area contributed by atoms with Crippen molar-refractivity contribution in [3.63, 3.8) is 0 Å². The summed E-state index contributed by atoms with van der Waals surface area (Å²) in [6, 6.07) is 8.42. The molecule has 0 aliphatic rings. The lowest BCUT2D eigenvalue weighted by Gasteiger charge is -2.26. The van der Waals surface area contributed by atoms with Crippen LogP contribution in [0.5, 0.6) is 0 Å². The fraction of sp³-hybridized carbons (Fsp3) is 0.533. The molecule has 0 spiro atoms. The standard InChI is InChI=1S/C15H25N3O/c1-12(2)18(9-5-8-15(19)17-3)11-13-6-4-7-14(16)10-13/h4,6-7,10,12H,5,8-9,11,16H2,1-3H3,(H,17,19). The lowest BCUT2D eigenvalue weighted by Crippen LogP contribution is -2.32. The zero-order valence-corrected chi connectivity index (χ0v) is 12.1. The molecule has 0 heterocycles. The third-order valence-corrected chi connectivity index (χ3v) is 3.20. The van der Waals surface area contributed by atoms with Gasteiger partial charge < -0.3 is 11.1 Å². The molecule has 1 rings (SSSR count). The van der Waals surface area contributed by atoms with Gasteiger partial charge in [-0.2, -0.15) is 0 Å². The summed E-state index contributed by atoms with van der Waals surface area (Å²) in [5.74, 6) is 0.104. The molecule has 4 nitrogen and oxygen atoms in total. The molecule has 0 radical (unpaired) electrons. The second-order valence-electron chi connectivity index (χ2n) is 5.09. The number of anilines is 1. The van der Waals surface area contributed by atoms with Crippen molar-refractivity contribution in [1.82, 2.24) is 10.2 Å². The third-order valence-electron chi connectivity index (χ3n) is 3.20. The molecule has 19 heavy (non-hydrogen) atoms. The molecule has 0 aromatic heterocycles. The minimum absolute atomic E-state index is 0.104. The van der Waals surface area contributed by atoms with Crippen LogP contribution < -0.4 is 11.1 Å². The molecule has 0 saturated carbocycles. The lowest BCUT2D eigenvalue weighted by molar-refractivity contribution is -0.120. The Balaban J connectivity index is 2.51. The molecule has 1 aromatic carbocycles. The monoisotopic (exact) mass is 263 g/mol. The zero-order valence-electron chi connectivity index (χ0n) is 12.1. The van der Waals surface area contributed by atoms with E-state index in [0.717, 1.165) is 25.2 Å². The van der Waals surface area contributed by atoms with Crippen LogP contribution in [0.2, 0.25) is 0 Å². The van der Waals surface area contributed by atoms with E-state index in [0.29, 0.717) is 12.5 Å². The summed E-state index contributed by atoms with van der Waals surface area (Å²) >= 11 is 0. The fourth-order valence-electron chi connectivity index (χ4n) is 2.01. The normalized spacial score (nSPS) is 11.0. The van der Waals surface area contributed by atoms with E-state index in [1.54, 1.807) is 7.05 Å². The molecule has 0 aliphatic heterocycles. The van der Waals surface area contributed by atoms with E-state index >= 15 is 0 Å². The second-order valence-corrected chi connectivity index (χ2v) is 5.09. The van der Waals surface area contributed by atoms with Gasteiger partial charge in [0.15, 0.2) is 0 Å². The van der Waals surface area contributed by atoms with Crippen LogP contribution in [0.1, 0.15) is 32.3 Å². The molecule has 3 N–H and O–H groups in total. The van der Waals surface area contributed by atoms with E-state index < -0.39 is 0 Å². The zero-order chi connectivity index (χ0) is 14.3. The number of carbonyl (C=O) groups excluding carboxylic acids is 1. The Morgan fingerprint density at radius 3 is 2.74 bits per heavy atom. The van der Waals surface area contributed by atoms with Gasteiger partial charge in [0.05, 0.1) is 0 Å². The Morgan fingerprint density at radius 1 is 1.42 bits per heavy atom. The molecule has 1 amide bonds. The van der Waals surface area contributed by atoms with Gasteiger partial charge in [-0.3, -0.25) is 9.69 Å². The van der Waals surface area contributed by atoms with Crippen LogP contribution in [-0.2, 0) is 11.3 Å². The fourth-order valence-corrected chi connectivity index (χ4v) is 2.01. The number of carbonyl (C=O) groups is 1. The summed E-state index contributed by atoms with van der Waals surface area (Å²) in [7, 11) is 1.68. The van der Waals surface area contributed by atoms with E-state index in [4.69, 9.17) is 5.73 Å². The number of rotatable bonds is 7. The highest BCUT2D eigenvalue weighted by molar-refractivity contribution is 5.75. The van der Waals surface area contributed by atoms with E-state index in [1.165, 1.54) is 5.56 Å². The number of nitrogens with two attached hydrogens (primary N) is 1. The Morgan fingerprint density at radius 2 is 2.16 bits per heavy atom. The van der Waals surface area contributed by atoms with Crippen LogP contribution in [0.3, 0.4) is 0 Å². The number of nitrogens with one attached hydrogen (secondary N) is 1. The van der Waals surface area contributed by atoms with Gasteiger partial charge in [-0.1, -0.05) is 12.1 Å². The second kappa shape index (κ2) is 7.79. The molecule has 1 aromatic rings. The molecular weight excluding hydrogens is 238 g/mol. The van der Waals surface area contributed by atoms with Crippen molar-refractivity contribution in [3.05, 3.63) is 29.8 Å². The molecule has 0 aliphatic carbocycles. The van der Waals surface area contributed by atoms with E-state index in [-0.39, 0.29) is 5.91 Å². The number of nitrogen functional groups attached to an aromatic ring is 1. The maximum absolute atomic E-state index is 11.2. The van der Waals surface area contributed by atoms with Crippen LogP contribution in [0.15, 0.2) is 24.3 Å². The van der Waals surface area contributed by atoms with Crippen molar-refractivity contribution >= 4 is 11.6 Å². The number of hydrogen-bond donors (Lipinski definition) is 2. The predicted octanol–water partition coefficient (Wildman–Crippen LogP) is 2.01. The first-order valence-corrected chi connectivity index (χ1v) is 6.82. The van der Waals surface area contributed by atoms with Gasteiger partial charge >= 0.3 is 0 Å². The number of hydrogen-bond acceptors (Lipinski definition) is 3. The Kier molecular flexibility index (Phi) is 6.36. The first-order valence-electron chi connectivity index (χ1n) is 6.82.